The maximum Gasteiger partial charge on any atom is 0.314 e. The molecule has 0 radical (unpaired) electrons. The van der Waals surface area contributed by atoms with Crippen LogP contribution in [0.3, 0.4) is 0 Å². The number of hydrogen-bond donors (Lipinski definition) is 3. The normalized spacial score (nSPS) is 10.9. The lowest BCUT2D eigenvalue weighted by atomic mass is 10.2. The van der Waals surface area contributed by atoms with Crippen molar-refractivity contribution in [3.63, 3.8) is 0 Å². The van der Waals surface area contributed by atoms with Crippen molar-refractivity contribution in [3.8, 4) is 5.75 Å². The average molecular weight is 398 g/mol. The van der Waals surface area contributed by atoms with Crippen LogP contribution in [0, 0.1) is 6.92 Å². The standard InChI is InChI=1S/C16H16ClN3O5S/c1-9-7-13(14(25-2)8-12(9)17)20-16(22)15(21)19-10-3-5-11(6-4-10)26(18,23)24/h3-8H,1-2H3,(H,19,21)(H,20,22)(H2,18,23,24). The van der Waals surface area contributed by atoms with Gasteiger partial charge in [-0.15, -0.1) is 0 Å². The van der Waals surface area contributed by atoms with Gasteiger partial charge in [0.15, 0.2) is 0 Å². The van der Waals surface area contributed by atoms with Crippen LogP contribution >= 0.6 is 11.6 Å². The molecule has 10 heteroatoms. The fraction of sp³-hybridized carbons (Fsp3) is 0.125. The molecule has 0 aliphatic rings. The summed E-state index contributed by atoms with van der Waals surface area (Å²) in [5.41, 5.74) is 1.22. The second-order valence-corrected chi connectivity index (χ2v) is 7.25. The number of anilines is 2. The summed E-state index contributed by atoms with van der Waals surface area (Å²) in [7, 11) is -2.43. The molecular formula is C16H16ClN3O5S. The Morgan fingerprint density at radius 3 is 2.19 bits per heavy atom. The van der Waals surface area contributed by atoms with E-state index in [1.54, 1.807) is 13.0 Å². The van der Waals surface area contributed by atoms with Crippen LogP contribution in [0.25, 0.3) is 0 Å². The lowest BCUT2D eigenvalue weighted by Crippen LogP contribution is -2.29. The molecule has 0 spiro atoms. The molecule has 0 aliphatic heterocycles. The summed E-state index contributed by atoms with van der Waals surface area (Å²) in [5.74, 6) is -1.57. The van der Waals surface area contributed by atoms with Gasteiger partial charge >= 0.3 is 11.8 Å². The number of aryl methyl sites for hydroxylation is 1. The molecule has 2 aromatic carbocycles. The summed E-state index contributed by atoms with van der Waals surface area (Å²) in [4.78, 5) is 24.0. The van der Waals surface area contributed by atoms with Gasteiger partial charge in [-0.1, -0.05) is 11.6 Å². The first kappa shape index (κ1) is 19.7. The molecule has 2 amide bonds. The minimum absolute atomic E-state index is 0.110. The van der Waals surface area contributed by atoms with Crippen molar-refractivity contribution in [1.29, 1.82) is 0 Å². The molecule has 0 aliphatic carbocycles. The van der Waals surface area contributed by atoms with E-state index in [0.29, 0.717) is 22.0 Å². The first-order chi connectivity index (χ1) is 12.1. The number of halogens is 1. The predicted octanol–water partition coefficient (Wildman–Crippen LogP) is 1.88. The largest absolute Gasteiger partial charge is 0.495 e. The molecule has 0 saturated heterocycles. The summed E-state index contributed by atoms with van der Waals surface area (Å²) < 4.78 is 27.5. The molecular weight excluding hydrogens is 382 g/mol. The highest BCUT2D eigenvalue weighted by Crippen LogP contribution is 2.30. The van der Waals surface area contributed by atoms with Crippen molar-refractivity contribution in [2.45, 2.75) is 11.8 Å². The molecule has 0 atom stereocenters. The quantitative estimate of drug-likeness (QED) is 0.678. The van der Waals surface area contributed by atoms with Gasteiger partial charge in [0.2, 0.25) is 10.0 Å². The molecule has 0 heterocycles. The van der Waals surface area contributed by atoms with E-state index >= 15 is 0 Å². The van der Waals surface area contributed by atoms with Crippen LogP contribution in [-0.2, 0) is 19.6 Å². The predicted molar refractivity (Wildman–Crippen MR) is 97.8 cm³/mol. The molecule has 0 fully saturated rings. The number of hydrogen-bond acceptors (Lipinski definition) is 5. The average Bonchev–Trinajstić information content (AvgIpc) is 2.57. The second-order valence-electron chi connectivity index (χ2n) is 5.28. The maximum atomic E-state index is 12.1. The van der Waals surface area contributed by atoms with E-state index in [9.17, 15) is 18.0 Å². The first-order valence-electron chi connectivity index (χ1n) is 7.21. The zero-order chi connectivity index (χ0) is 19.5. The highest BCUT2D eigenvalue weighted by atomic mass is 35.5. The highest BCUT2D eigenvalue weighted by molar-refractivity contribution is 7.89. The Morgan fingerprint density at radius 1 is 1.08 bits per heavy atom. The zero-order valence-corrected chi connectivity index (χ0v) is 15.4. The van der Waals surface area contributed by atoms with Crippen molar-refractivity contribution >= 4 is 44.8 Å². The Morgan fingerprint density at radius 2 is 1.65 bits per heavy atom. The van der Waals surface area contributed by atoms with Gasteiger partial charge in [0.1, 0.15) is 5.75 Å². The number of carbonyl (C=O) groups excluding carboxylic acids is 2. The Bertz CT molecular complexity index is 959. The summed E-state index contributed by atoms with van der Waals surface area (Å²) in [6.07, 6.45) is 0. The summed E-state index contributed by atoms with van der Waals surface area (Å²) in [6.45, 7) is 1.74. The number of methoxy groups -OCH3 is 1. The third kappa shape index (κ3) is 4.72. The van der Waals surface area contributed by atoms with Gasteiger partial charge in [0, 0.05) is 16.8 Å². The Labute approximate surface area is 155 Å². The topological polar surface area (TPSA) is 128 Å². The number of ether oxygens (including phenoxy) is 1. The van der Waals surface area contributed by atoms with Gasteiger partial charge in [-0.05, 0) is 42.8 Å². The number of nitrogens with two attached hydrogens (primary N) is 1. The number of amides is 2. The smallest absolute Gasteiger partial charge is 0.314 e. The monoisotopic (exact) mass is 397 g/mol. The summed E-state index contributed by atoms with van der Waals surface area (Å²) in [6, 6.07) is 8.17. The van der Waals surface area contributed by atoms with E-state index in [1.807, 2.05) is 0 Å². The number of sulfonamides is 1. The van der Waals surface area contributed by atoms with Crippen molar-refractivity contribution in [2.24, 2.45) is 5.14 Å². The van der Waals surface area contributed by atoms with Gasteiger partial charge in [0.25, 0.3) is 0 Å². The van der Waals surface area contributed by atoms with Crippen LogP contribution in [0.4, 0.5) is 11.4 Å². The van der Waals surface area contributed by atoms with Gasteiger partial charge in [-0.2, -0.15) is 0 Å². The summed E-state index contributed by atoms with van der Waals surface area (Å²) >= 11 is 5.99. The van der Waals surface area contributed by atoms with Crippen molar-refractivity contribution in [1.82, 2.24) is 0 Å². The molecule has 0 unspecified atom stereocenters. The zero-order valence-electron chi connectivity index (χ0n) is 13.9. The molecule has 26 heavy (non-hydrogen) atoms. The third-order valence-corrected chi connectivity index (χ3v) is 4.71. The third-order valence-electron chi connectivity index (χ3n) is 3.38. The van der Waals surface area contributed by atoms with Crippen LogP contribution in [0.5, 0.6) is 5.75 Å². The van der Waals surface area contributed by atoms with E-state index in [4.69, 9.17) is 21.5 Å². The lowest BCUT2D eigenvalue weighted by molar-refractivity contribution is -0.133. The molecule has 0 bridgehead atoms. The molecule has 2 aromatic rings. The van der Waals surface area contributed by atoms with Gasteiger partial charge in [0.05, 0.1) is 17.7 Å². The van der Waals surface area contributed by atoms with Crippen LogP contribution in [0.15, 0.2) is 41.3 Å². The van der Waals surface area contributed by atoms with Crippen LogP contribution in [-0.4, -0.2) is 27.3 Å². The fourth-order valence-electron chi connectivity index (χ4n) is 2.02. The van der Waals surface area contributed by atoms with E-state index < -0.39 is 21.8 Å². The highest BCUT2D eigenvalue weighted by Gasteiger charge is 2.17. The van der Waals surface area contributed by atoms with Crippen molar-refractivity contribution in [3.05, 3.63) is 47.0 Å². The Hall–Kier alpha value is -2.62. The van der Waals surface area contributed by atoms with Crippen molar-refractivity contribution in [2.75, 3.05) is 17.7 Å². The van der Waals surface area contributed by atoms with E-state index in [1.165, 1.54) is 37.4 Å². The van der Waals surface area contributed by atoms with Crippen LogP contribution in [0.1, 0.15) is 5.56 Å². The molecule has 138 valence electrons. The Balaban J connectivity index is 2.11. The molecule has 4 N–H and O–H groups in total. The molecule has 0 aromatic heterocycles. The Kier molecular flexibility index (Phi) is 5.86. The van der Waals surface area contributed by atoms with E-state index in [0.717, 1.165) is 0 Å². The molecule has 2 rings (SSSR count). The number of primary sulfonamides is 1. The number of carbonyl (C=O) groups is 2. The van der Waals surface area contributed by atoms with Gasteiger partial charge < -0.3 is 15.4 Å². The fourth-order valence-corrected chi connectivity index (χ4v) is 2.69. The van der Waals surface area contributed by atoms with Crippen LogP contribution in [0.2, 0.25) is 5.02 Å². The van der Waals surface area contributed by atoms with Gasteiger partial charge in [-0.3, -0.25) is 9.59 Å². The first-order valence-corrected chi connectivity index (χ1v) is 9.13. The SMILES string of the molecule is COc1cc(Cl)c(C)cc1NC(=O)C(=O)Nc1ccc(S(N)(=O)=O)cc1. The summed E-state index contributed by atoms with van der Waals surface area (Å²) in [5, 5.41) is 10.2. The van der Waals surface area contributed by atoms with E-state index in [-0.39, 0.29) is 10.6 Å². The molecule has 8 nitrogen and oxygen atoms in total. The second kappa shape index (κ2) is 7.73. The number of benzene rings is 2. The number of nitrogens with one attached hydrogen (secondary N) is 2. The minimum Gasteiger partial charge on any atom is -0.495 e. The lowest BCUT2D eigenvalue weighted by Gasteiger charge is -2.12. The minimum atomic E-state index is -3.84. The molecule has 0 saturated carbocycles. The van der Waals surface area contributed by atoms with Gasteiger partial charge in [-0.25, -0.2) is 13.6 Å². The number of rotatable bonds is 4. The van der Waals surface area contributed by atoms with Crippen LogP contribution < -0.4 is 20.5 Å². The van der Waals surface area contributed by atoms with E-state index in [2.05, 4.69) is 10.6 Å². The maximum absolute atomic E-state index is 12.1. The van der Waals surface area contributed by atoms with Crippen molar-refractivity contribution < 1.29 is 22.7 Å².